The van der Waals surface area contributed by atoms with Crippen molar-refractivity contribution in [3.05, 3.63) is 63.8 Å². The first-order valence-electron chi connectivity index (χ1n) is 6.98. The summed E-state index contributed by atoms with van der Waals surface area (Å²) in [6, 6.07) is 14.5. The molecule has 0 fully saturated rings. The average Bonchev–Trinajstić information content (AvgIpc) is 2.76. The lowest BCUT2D eigenvalue weighted by Gasteiger charge is -2.13. The van der Waals surface area contributed by atoms with E-state index < -0.39 is 0 Å². The normalized spacial score (nSPS) is 12.8. The van der Waals surface area contributed by atoms with E-state index in [0.29, 0.717) is 0 Å². The maximum Gasteiger partial charge on any atom is 0.0722 e. The SMILES string of the molecule is Cc1ccc(C(N)Cc2nn(C)c3ccccc23)c(Br)c1. The Morgan fingerprint density at radius 3 is 2.76 bits per heavy atom. The van der Waals surface area contributed by atoms with E-state index in [0.717, 1.165) is 27.7 Å². The fourth-order valence-electron chi connectivity index (χ4n) is 2.69. The summed E-state index contributed by atoms with van der Waals surface area (Å²) in [6.45, 7) is 2.08. The van der Waals surface area contributed by atoms with Crippen LogP contribution in [0.15, 0.2) is 46.9 Å². The molecule has 108 valence electrons. The Kier molecular flexibility index (Phi) is 3.83. The number of benzene rings is 2. The maximum absolute atomic E-state index is 6.40. The number of rotatable bonds is 3. The fraction of sp³-hybridized carbons (Fsp3) is 0.235. The molecule has 3 nitrogen and oxygen atoms in total. The largest absolute Gasteiger partial charge is 0.324 e. The molecule has 0 bridgehead atoms. The van der Waals surface area contributed by atoms with Gasteiger partial charge in [-0.25, -0.2) is 0 Å². The van der Waals surface area contributed by atoms with Gasteiger partial charge in [0, 0.05) is 29.4 Å². The minimum atomic E-state index is -0.0710. The van der Waals surface area contributed by atoms with E-state index in [9.17, 15) is 0 Å². The molecule has 0 spiro atoms. The van der Waals surface area contributed by atoms with Crippen molar-refractivity contribution < 1.29 is 0 Å². The van der Waals surface area contributed by atoms with Gasteiger partial charge in [-0.15, -0.1) is 0 Å². The number of para-hydroxylation sites is 1. The number of nitrogens with zero attached hydrogens (tertiary/aromatic N) is 2. The zero-order chi connectivity index (χ0) is 15.0. The van der Waals surface area contributed by atoms with Gasteiger partial charge in [-0.05, 0) is 30.2 Å². The second-order valence-electron chi connectivity index (χ2n) is 5.42. The molecule has 2 aromatic carbocycles. The molecule has 0 saturated heterocycles. The van der Waals surface area contributed by atoms with Crippen LogP contribution in [0, 0.1) is 6.92 Å². The highest BCUT2D eigenvalue weighted by Crippen LogP contribution is 2.27. The van der Waals surface area contributed by atoms with E-state index in [1.165, 1.54) is 10.9 Å². The standard InChI is InChI=1S/C17H18BrN3/c1-11-7-8-12(14(18)9-11)15(19)10-16-13-5-3-4-6-17(13)21(2)20-16/h3-9,15H,10,19H2,1-2H3. The molecule has 1 aromatic heterocycles. The molecular weight excluding hydrogens is 326 g/mol. The highest BCUT2D eigenvalue weighted by Gasteiger charge is 2.15. The third kappa shape index (κ3) is 2.74. The molecule has 0 aliphatic heterocycles. The molecule has 1 atom stereocenters. The Morgan fingerprint density at radius 2 is 2.00 bits per heavy atom. The summed E-state index contributed by atoms with van der Waals surface area (Å²) in [4.78, 5) is 0. The summed E-state index contributed by atoms with van der Waals surface area (Å²) in [7, 11) is 1.97. The van der Waals surface area contributed by atoms with Gasteiger partial charge in [0.2, 0.25) is 0 Å². The average molecular weight is 344 g/mol. The van der Waals surface area contributed by atoms with Crippen molar-refractivity contribution in [3.8, 4) is 0 Å². The van der Waals surface area contributed by atoms with E-state index >= 15 is 0 Å². The van der Waals surface area contributed by atoms with E-state index in [4.69, 9.17) is 5.73 Å². The fourth-order valence-corrected chi connectivity index (χ4v) is 3.48. The monoisotopic (exact) mass is 343 g/mol. The lowest BCUT2D eigenvalue weighted by atomic mass is 10.0. The summed E-state index contributed by atoms with van der Waals surface area (Å²) in [5, 5.41) is 5.80. The van der Waals surface area contributed by atoms with Gasteiger partial charge in [0.25, 0.3) is 0 Å². The van der Waals surface area contributed by atoms with Crippen LogP contribution in [0.2, 0.25) is 0 Å². The smallest absolute Gasteiger partial charge is 0.0722 e. The lowest BCUT2D eigenvalue weighted by Crippen LogP contribution is -2.14. The van der Waals surface area contributed by atoms with Gasteiger partial charge in [-0.3, -0.25) is 4.68 Å². The number of halogens is 1. The van der Waals surface area contributed by atoms with Crippen LogP contribution in [0.5, 0.6) is 0 Å². The van der Waals surface area contributed by atoms with E-state index in [1.54, 1.807) is 0 Å². The molecule has 0 radical (unpaired) electrons. The van der Waals surface area contributed by atoms with Crippen LogP contribution in [0.4, 0.5) is 0 Å². The highest BCUT2D eigenvalue weighted by molar-refractivity contribution is 9.10. The Labute approximate surface area is 132 Å². The van der Waals surface area contributed by atoms with Crippen molar-refractivity contribution in [1.29, 1.82) is 0 Å². The van der Waals surface area contributed by atoms with Crippen molar-refractivity contribution in [3.63, 3.8) is 0 Å². The topological polar surface area (TPSA) is 43.8 Å². The summed E-state index contributed by atoms with van der Waals surface area (Å²) in [5.74, 6) is 0. The van der Waals surface area contributed by atoms with Gasteiger partial charge >= 0.3 is 0 Å². The predicted octanol–water partition coefficient (Wildman–Crippen LogP) is 3.89. The molecule has 3 aromatic rings. The number of nitrogens with two attached hydrogens (primary N) is 1. The second-order valence-corrected chi connectivity index (χ2v) is 6.28. The van der Waals surface area contributed by atoms with Crippen LogP contribution >= 0.6 is 15.9 Å². The quantitative estimate of drug-likeness (QED) is 0.783. The second kappa shape index (κ2) is 5.62. The Balaban J connectivity index is 1.94. The van der Waals surface area contributed by atoms with E-state index in [2.05, 4.69) is 58.3 Å². The highest BCUT2D eigenvalue weighted by atomic mass is 79.9. The Bertz CT molecular complexity index is 792. The molecule has 0 aliphatic rings. The third-order valence-corrected chi connectivity index (χ3v) is 4.49. The maximum atomic E-state index is 6.40. The van der Waals surface area contributed by atoms with Gasteiger partial charge in [-0.2, -0.15) is 5.10 Å². The Hall–Kier alpha value is -1.65. The molecule has 21 heavy (non-hydrogen) atoms. The van der Waals surface area contributed by atoms with Crippen LogP contribution in [0.25, 0.3) is 10.9 Å². The summed E-state index contributed by atoms with van der Waals surface area (Å²) in [6.07, 6.45) is 0.725. The third-order valence-electron chi connectivity index (χ3n) is 3.80. The van der Waals surface area contributed by atoms with Gasteiger partial charge in [0.05, 0.1) is 11.2 Å². The molecular formula is C17H18BrN3. The van der Waals surface area contributed by atoms with Crippen molar-refractivity contribution in [2.45, 2.75) is 19.4 Å². The van der Waals surface area contributed by atoms with Crippen LogP contribution in [0.3, 0.4) is 0 Å². The first-order chi connectivity index (χ1) is 10.1. The summed E-state index contributed by atoms with van der Waals surface area (Å²) < 4.78 is 2.98. The summed E-state index contributed by atoms with van der Waals surface area (Å²) in [5.41, 5.74) is 10.9. The summed E-state index contributed by atoms with van der Waals surface area (Å²) >= 11 is 3.61. The molecule has 0 amide bonds. The first kappa shape index (κ1) is 14.3. The first-order valence-corrected chi connectivity index (χ1v) is 7.78. The van der Waals surface area contributed by atoms with Crippen LogP contribution in [-0.2, 0) is 13.5 Å². The predicted molar refractivity (Wildman–Crippen MR) is 90.2 cm³/mol. The van der Waals surface area contributed by atoms with E-state index in [1.807, 2.05) is 23.9 Å². The van der Waals surface area contributed by atoms with Crippen molar-refractivity contribution in [1.82, 2.24) is 9.78 Å². The molecule has 3 rings (SSSR count). The minimum absolute atomic E-state index is 0.0710. The van der Waals surface area contributed by atoms with Gasteiger partial charge in [0.1, 0.15) is 0 Å². The zero-order valence-electron chi connectivity index (χ0n) is 12.2. The molecule has 0 saturated carbocycles. The van der Waals surface area contributed by atoms with Crippen molar-refractivity contribution in [2.75, 3.05) is 0 Å². The van der Waals surface area contributed by atoms with Gasteiger partial charge in [-0.1, -0.05) is 46.3 Å². The molecule has 1 heterocycles. The number of hydrogen-bond donors (Lipinski definition) is 1. The number of aromatic nitrogens is 2. The van der Waals surface area contributed by atoms with Crippen LogP contribution in [0.1, 0.15) is 22.9 Å². The van der Waals surface area contributed by atoms with Crippen LogP contribution < -0.4 is 5.73 Å². The molecule has 0 aliphatic carbocycles. The van der Waals surface area contributed by atoms with Gasteiger partial charge < -0.3 is 5.73 Å². The molecule has 2 N–H and O–H groups in total. The van der Waals surface area contributed by atoms with Gasteiger partial charge in [0.15, 0.2) is 0 Å². The Morgan fingerprint density at radius 1 is 1.24 bits per heavy atom. The van der Waals surface area contributed by atoms with Crippen LogP contribution in [-0.4, -0.2) is 9.78 Å². The number of hydrogen-bond acceptors (Lipinski definition) is 2. The van der Waals surface area contributed by atoms with Crippen molar-refractivity contribution >= 4 is 26.8 Å². The van der Waals surface area contributed by atoms with E-state index in [-0.39, 0.29) is 6.04 Å². The molecule has 1 unspecified atom stereocenters. The molecule has 4 heteroatoms. The minimum Gasteiger partial charge on any atom is -0.324 e. The number of aryl methyl sites for hydroxylation is 2. The van der Waals surface area contributed by atoms with Crippen molar-refractivity contribution in [2.24, 2.45) is 12.8 Å². The number of fused-ring (bicyclic) bond motifs is 1. The lowest BCUT2D eigenvalue weighted by molar-refractivity contribution is 0.680. The zero-order valence-corrected chi connectivity index (χ0v) is 13.8.